The van der Waals surface area contributed by atoms with Crippen LogP contribution in [-0.4, -0.2) is 20.5 Å². The smallest absolute Gasteiger partial charge is 0.231 e. The summed E-state index contributed by atoms with van der Waals surface area (Å²) in [6, 6.07) is 5.12. The first-order valence-corrected chi connectivity index (χ1v) is 6.40. The Morgan fingerprint density at radius 1 is 1.50 bits per heavy atom. The Morgan fingerprint density at radius 2 is 2.28 bits per heavy atom. The highest BCUT2D eigenvalue weighted by molar-refractivity contribution is 9.10. The summed E-state index contributed by atoms with van der Waals surface area (Å²) in [5.74, 6) is 0.156. The highest BCUT2D eigenvalue weighted by Crippen LogP contribution is 2.22. The lowest BCUT2D eigenvalue weighted by Gasteiger charge is -2.06. The summed E-state index contributed by atoms with van der Waals surface area (Å²) in [4.78, 5) is 16.4. The number of anilines is 1. The molecule has 0 aliphatic heterocycles. The standard InChI is InChI=1S/C12H13BrN4O/c1-2-5-17-12(15-7-16-17)11(18)9-6-8(14)3-4-10(9)13/h3-4,6-7H,2,5,14H2,1H3. The molecule has 2 rings (SSSR count). The minimum Gasteiger partial charge on any atom is -0.399 e. The number of nitrogens with zero attached hydrogens (tertiary/aromatic N) is 3. The van der Waals surface area contributed by atoms with E-state index in [1.165, 1.54) is 6.33 Å². The molecule has 1 heterocycles. The fourth-order valence-electron chi connectivity index (χ4n) is 1.65. The van der Waals surface area contributed by atoms with Crippen molar-refractivity contribution >= 4 is 27.4 Å². The Labute approximate surface area is 113 Å². The number of aryl methyl sites for hydroxylation is 1. The SMILES string of the molecule is CCCn1ncnc1C(=O)c1cc(N)ccc1Br. The average Bonchev–Trinajstić information content (AvgIpc) is 2.80. The normalized spacial score (nSPS) is 10.6. The van der Waals surface area contributed by atoms with Gasteiger partial charge in [0.1, 0.15) is 6.33 Å². The zero-order valence-electron chi connectivity index (χ0n) is 9.93. The van der Waals surface area contributed by atoms with Crippen molar-refractivity contribution in [2.45, 2.75) is 19.9 Å². The maximum atomic E-state index is 12.4. The molecule has 0 spiro atoms. The van der Waals surface area contributed by atoms with E-state index in [0.29, 0.717) is 28.1 Å². The van der Waals surface area contributed by atoms with Gasteiger partial charge in [-0.15, -0.1) is 0 Å². The molecular formula is C12H13BrN4O. The number of carbonyl (C=O) groups excluding carboxylic acids is 1. The molecule has 0 saturated carbocycles. The van der Waals surface area contributed by atoms with Gasteiger partial charge in [-0.2, -0.15) is 5.10 Å². The summed E-state index contributed by atoms with van der Waals surface area (Å²) < 4.78 is 2.31. The molecule has 0 amide bonds. The van der Waals surface area contributed by atoms with Crippen LogP contribution >= 0.6 is 15.9 Å². The van der Waals surface area contributed by atoms with Crippen molar-refractivity contribution in [3.05, 3.63) is 40.4 Å². The van der Waals surface area contributed by atoms with E-state index in [1.54, 1.807) is 22.9 Å². The van der Waals surface area contributed by atoms with Gasteiger partial charge >= 0.3 is 0 Å². The van der Waals surface area contributed by atoms with E-state index < -0.39 is 0 Å². The molecule has 2 aromatic rings. The molecule has 0 aliphatic rings. The third-order valence-electron chi connectivity index (χ3n) is 2.49. The lowest BCUT2D eigenvalue weighted by Crippen LogP contribution is -2.13. The number of carbonyl (C=O) groups is 1. The summed E-state index contributed by atoms with van der Waals surface area (Å²) in [5.41, 5.74) is 6.74. The van der Waals surface area contributed by atoms with Gasteiger partial charge in [-0.1, -0.05) is 22.9 Å². The topological polar surface area (TPSA) is 73.8 Å². The van der Waals surface area contributed by atoms with E-state index >= 15 is 0 Å². The minimum absolute atomic E-state index is 0.180. The van der Waals surface area contributed by atoms with Gasteiger partial charge in [0.05, 0.1) is 0 Å². The minimum atomic E-state index is -0.180. The van der Waals surface area contributed by atoms with Gasteiger partial charge < -0.3 is 5.73 Å². The van der Waals surface area contributed by atoms with Gasteiger partial charge in [-0.25, -0.2) is 9.67 Å². The van der Waals surface area contributed by atoms with Crippen molar-refractivity contribution in [3.8, 4) is 0 Å². The first-order chi connectivity index (χ1) is 8.63. The van der Waals surface area contributed by atoms with Gasteiger partial charge in [0.25, 0.3) is 0 Å². The van der Waals surface area contributed by atoms with Crippen molar-refractivity contribution in [2.24, 2.45) is 0 Å². The van der Waals surface area contributed by atoms with Crippen molar-refractivity contribution in [2.75, 3.05) is 5.73 Å². The number of nitrogens with two attached hydrogens (primary N) is 1. The van der Waals surface area contributed by atoms with E-state index in [1.807, 2.05) is 6.92 Å². The first kappa shape index (κ1) is 12.8. The van der Waals surface area contributed by atoms with E-state index in [4.69, 9.17) is 5.73 Å². The largest absolute Gasteiger partial charge is 0.399 e. The lowest BCUT2D eigenvalue weighted by atomic mass is 10.1. The Hall–Kier alpha value is -1.69. The number of hydrogen-bond acceptors (Lipinski definition) is 4. The molecule has 1 aromatic carbocycles. The summed E-state index contributed by atoms with van der Waals surface area (Å²) in [5, 5.41) is 4.04. The van der Waals surface area contributed by atoms with Crippen molar-refractivity contribution in [1.82, 2.24) is 14.8 Å². The number of benzene rings is 1. The average molecular weight is 309 g/mol. The van der Waals surface area contributed by atoms with Gasteiger partial charge in [0.15, 0.2) is 5.82 Å². The highest BCUT2D eigenvalue weighted by atomic mass is 79.9. The zero-order chi connectivity index (χ0) is 13.1. The maximum Gasteiger partial charge on any atom is 0.231 e. The Morgan fingerprint density at radius 3 is 3.00 bits per heavy atom. The van der Waals surface area contributed by atoms with Gasteiger partial charge in [-0.05, 0) is 24.6 Å². The second-order valence-corrected chi connectivity index (χ2v) is 4.73. The van der Waals surface area contributed by atoms with Crippen LogP contribution in [0.4, 0.5) is 5.69 Å². The Kier molecular flexibility index (Phi) is 3.76. The van der Waals surface area contributed by atoms with Gasteiger partial charge in [-0.3, -0.25) is 4.79 Å². The van der Waals surface area contributed by atoms with Crippen LogP contribution in [0.5, 0.6) is 0 Å². The number of ketones is 1. The Balaban J connectivity index is 2.41. The first-order valence-electron chi connectivity index (χ1n) is 5.61. The summed E-state index contributed by atoms with van der Waals surface area (Å²) >= 11 is 3.35. The highest BCUT2D eigenvalue weighted by Gasteiger charge is 2.18. The van der Waals surface area contributed by atoms with Crippen LogP contribution < -0.4 is 5.73 Å². The third kappa shape index (κ3) is 2.43. The van der Waals surface area contributed by atoms with Crippen LogP contribution in [0, 0.1) is 0 Å². The van der Waals surface area contributed by atoms with Crippen LogP contribution in [0.15, 0.2) is 29.0 Å². The lowest BCUT2D eigenvalue weighted by molar-refractivity contribution is 0.102. The predicted molar refractivity (Wildman–Crippen MR) is 72.3 cm³/mol. The van der Waals surface area contributed by atoms with Crippen molar-refractivity contribution in [3.63, 3.8) is 0 Å². The third-order valence-corrected chi connectivity index (χ3v) is 3.18. The summed E-state index contributed by atoms with van der Waals surface area (Å²) in [6.07, 6.45) is 2.28. The summed E-state index contributed by atoms with van der Waals surface area (Å²) in [6.45, 7) is 2.69. The summed E-state index contributed by atoms with van der Waals surface area (Å²) in [7, 11) is 0. The molecule has 1 aromatic heterocycles. The van der Waals surface area contributed by atoms with Crippen LogP contribution in [-0.2, 0) is 6.54 Å². The molecule has 18 heavy (non-hydrogen) atoms. The van der Waals surface area contributed by atoms with E-state index in [0.717, 1.165) is 6.42 Å². The molecule has 0 saturated heterocycles. The number of halogens is 1. The fraction of sp³-hybridized carbons (Fsp3) is 0.250. The van der Waals surface area contributed by atoms with Crippen molar-refractivity contribution in [1.29, 1.82) is 0 Å². The van der Waals surface area contributed by atoms with E-state index in [9.17, 15) is 4.79 Å². The Bertz CT molecular complexity index is 579. The van der Waals surface area contributed by atoms with Crippen LogP contribution in [0.2, 0.25) is 0 Å². The molecule has 0 atom stereocenters. The number of nitrogen functional groups attached to an aromatic ring is 1. The molecule has 6 heteroatoms. The number of aromatic nitrogens is 3. The van der Waals surface area contributed by atoms with Crippen LogP contribution in [0.3, 0.4) is 0 Å². The molecule has 0 unspecified atom stereocenters. The molecule has 0 fully saturated rings. The molecule has 5 nitrogen and oxygen atoms in total. The zero-order valence-corrected chi connectivity index (χ0v) is 11.5. The predicted octanol–water partition coefficient (Wildman–Crippen LogP) is 2.26. The quantitative estimate of drug-likeness (QED) is 0.694. The molecule has 0 aliphatic carbocycles. The second-order valence-electron chi connectivity index (χ2n) is 3.88. The van der Waals surface area contributed by atoms with Gasteiger partial charge in [0.2, 0.25) is 5.78 Å². The number of hydrogen-bond donors (Lipinski definition) is 1. The molecule has 0 radical (unpaired) electrons. The second kappa shape index (κ2) is 5.30. The molecular weight excluding hydrogens is 296 g/mol. The van der Waals surface area contributed by atoms with E-state index in [-0.39, 0.29) is 5.78 Å². The van der Waals surface area contributed by atoms with E-state index in [2.05, 4.69) is 26.0 Å². The molecule has 2 N–H and O–H groups in total. The van der Waals surface area contributed by atoms with Crippen LogP contribution in [0.25, 0.3) is 0 Å². The number of rotatable bonds is 4. The molecule has 94 valence electrons. The maximum absolute atomic E-state index is 12.4. The van der Waals surface area contributed by atoms with Gasteiger partial charge in [0, 0.05) is 22.3 Å². The van der Waals surface area contributed by atoms with Crippen LogP contribution in [0.1, 0.15) is 29.5 Å². The fourth-order valence-corrected chi connectivity index (χ4v) is 2.08. The monoisotopic (exact) mass is 308 g/mol. The van der Waals surface area contributed by atoms with Crippen molar-refractivity contribution < 1.29 is 4.79 Å². The molecule has 0 bridgehead atoms.